The van der Waals surface area contributed by atoms with Crippen molar-refractivity contribution in [3.05, 3.63) is 60.4 Å². The summed E-state index contributed by atoms with van der Waals surface area (Å²) in [5.41, 5.74) is 5.34. The Morgan fingerprint density at radius 3 is 2.52 bits per heavy atom. The number of nitrogens with zero attached hydrogens (tertiary/aromatic N) is 2. The minimum atomic E-state index is 0.107. The second-order valence-corrected chi connectivity index (χ2v) is 4.98. The summed E-state index contributed by atoms with van der Waals surface area (Å²) in [6.45, 7) is 4.81. The number of benzene rings is 2. The Bertz CT molecular complexity index is 755. The average Bonchev–Trinajstić information content (AvgIpc) is 2.55. The fourth-order valence-corrected chi connectivity index (χ4v) is 2.46. The molecule has 0 saturated carbocycles. The second-order valence-electron chi connectivity index (χ2n) is 4.98. The van der Waals surface area contributed by atoms with Crippen molar-refractivity contribution in [2.75, 3.05) is 6.61 Å². The molecule has 1 heterocycles. The van der Waals surface area contributed by atoms with Crippen LogP contribution in [0.1, 0.15) is 25.5 Å². The molecule has 21 heavy (non-hydrogen) atoms. The summed E-state index contributed by atoms with van der Waals surface area (Å²) in [6, 6.07) is 14.6. The number of aromatic nitrogens is 2. The zero-order chi connectivity index (χ0) is 14.7. The summed E-state index contributed by atoms with van der Waals surface area (Å²) in [5.74, 6) is 0. The van der Waals surface area contributed by atoms with Crippen LogP contribution < -0.4 is 0 Å². The fourth-order valence-electron chi connectivity index (χ4n) is 2.46. The Morgan fingerprint density at radius 1 is 0.952 bits per heavy atom. The molecule has 3 heteroatoms. The van der Waals surface area contributed by atoms with Crippen LogP contribution in [0, 0.1) is 0 Å². The highest BCUT2D eigenvalue weighted by Crippen LogP contribution is 2.26. The molecule has 106 valence electrons. The third-order valence-electron chi connectivity index (χ3n) is 3.58. The molecule has 0 fully saturated rings. The highest BCUT2D eigenvalue weighted by atomic mass is 16.5. The Hall–Kier alpha value is -2.26. The van der Waals surface area contributed by atoms with E-state index < -0.39 is 0 Å². The van der Waals surface area contributed by atoms with E-state index >= 15 is 0 Å². The molecule has 2 aromatic carbocycles. The van der Waals surface area contributed by atoms with Crippen LogP contribution in [0.5, 0.6) is 0 Å². The quantitative estimate of drug-likeness (QED) is 0.709. The highest BCUT2D eigenvalue weighted by molar-refractivity contribution is 5.81. The average molecular weight is 278 g/mol. The van der Waals surface area contributed by atoms with E-state index in [0.29, 0.717) is 0 Å². The molecule has 1 aromatic heterocycles. The first kappa shape index (κ1) is 13.7. The lowest BCUT2D eigenvalue weighted by Crippen LogP contribution is -1.99. The molecule has 0 N–H and O–H groups in total. The third kappa shape index (κ3) is 2.93. The monoisotopic (exact) mass is 278 g/mol. The molecule has 1 unspecified atom stereocenters. The molecule has 0 saturated heterocycles. The first-order valence-electron chi connectivity index (χ1n) is 7.20. The topological polar surface area (TPSA) is 35.0 Å². The van der Waals surface area contributed by atoms with Crippen LogP contribution in [0.3, 0.4) is 0 Å². The van der Waals surface area contributed by atoms with Crippen molar-refractivity contribution >= 4 is 11.0 Å². The van der Waals surface area contributed by atoms with Crippen LogP contribution in [0.15, 0.2) is 54.9 Å². The third-order valence-corrected chi connectivity index (χ3v) is 3.58. The van der Waals surface area contributed by atoms with Crippen molar-refractivity contribution in [3.63, 3.8) is 0 Å². The van der Waals surface area contributed by atoms with Crippen molar-refractivity contribution in [1.82, 2.24) is 9.97 Å². The molecule has 0 aliphatic heterocycles. The Kier molecular flexibility index (Phi) is 3.93. The van der Waals surface area contributed by atoms with Crippen molar-refractivity contribution in [3.8, 4) is 11.1 Å². The van der Waals surface area contributed by atoms with Crippen LogP contribution in [0.2, 0.25) is 0 Å². The summed E-state index contributed by atoms with van der Waals surface area (Å²) in [6.07, 6.45) is 3.54. The molecule has 0 radical (unpaired) electrons. The van der Waals surface area contributed by atoms with Gasteiger partial charge in [0.2, 0.25) is 0 Å². The summed E-state index contributed by atoms with van der Waals surface area (Å²) in [7, 11) is 0. The normalized spacial score (nSPS) is 12.5. The van der Waals surface area contributed by atoms with Gasteiger partial charge in [0.05, 0.1) is 17.1 Å². The Labute approximate surface area is 124 Å². The highest BCUT2D eigenvalue weighted by Gasteiger charge is 2.07. The van der Waals surface area contributed by atoms with Gasteiger partial charge in [-0.15, -0.1) is 0 Å². The summed E-state index contributed by atoms with van der Waals surface area (Å²) in [4.78, 5) is 8.67. The zero-order valence-electron chi connectivity index (χ0n) is 12.3. The smallest absolute Gasteiger partial charge is 0.0892 e. The minimum absolute atomic E-state index is 0.107. The molecule has 0 spiro atoms. The van der Waals surface area contributed by atoms with Gasteiger partial charge in [-0.2, -0.15) is 0 Å². The lowest BCUT2D eigenvalue weighted by Gasteiger charge is -2.13. The van der Waals surface area contributed by atoms with E-state index in [0.717, 1.165) is 23.2 Å². The van der Waals surface area contributed by atoms with Gasteiger partial charge in [0.15, 0.2) is 0 Å². The maximum absolute atomic E-state index is 5.67. The number of fused-ring (bicyclic) bond motifs is 1. The number of hydrogen-bond donors (Lipinski definition) is 0. The molecule has 0 aliphatic carbocycles. The number of ether oxygens (including phenoxy) is 1. The van der Waals surface area contributed by atoms with Crippen LogP contribution in [-0.2, 0) is 4.74 Å². The fraction of sp³-hybridized carbons (Fsp3) is 0.222. The molecule has 0 aliphatic rings. The van der Waals surface area contributed by atoms with Crippen molar-refractivity contribution in [1.29, 1.82) is 0 Å². The van der Waals surface area contributed by atoms with Crippen LogP contribution >= 0.6 is 0 Å². The maximum Gasteiger partial charge on any atom is 0.0892 e. The van der Waals surface area contributed by atoms with Crippen molar-refractivity contribution in [2.24, 2.45) is 0 Å². The summed E-state index contributed by atoms with van der Waals surface area (Å²) >= 11 is 0. The van der Waals surface area contributed by atoms with Gasteiger partial charge in [-0.25, -0.2) is 0 Å². The molecule has 1 atom stereocenters. The van der Waals surface area contributed by atoms with Gasteiger partial charge in [-0.3, -0.25) is 9.97 Å². The molecule has 3 aromatic rings. The number of hydrogen-bond acceptors (Lipinski definition) is 3. The van der Waals surface area contributed by atoms with Gasteiger partial charge in [-0.05, 0) is 48.7 Å². The zero-order valence-corrected chi connectivity index (χ0v) is 12.3. The van der Waals surface area contributed by atoms with Gasteiger partial charge < -0.3 is 4.74 Å². The first-order chi connectivity index (χ1) is 10.3. The van der Waals surface area contributed by atoms with Gasteiger partial charge in [0.1, 0.15) is 0 Å². The second kappa shape index (κ2) is 6.02. The largest absolute Gasteiger partial charge is 0.374 e. The van der Waals surface area contributed by atoms with Crippen LogP contribution in [0.25, 0.3) is 22.2 Å². The van der Waals surface area contributed by atoms with Gasteiger partial charge in [-0.1, -0.05) is 24.3 Å². The maximum atomic E-state index is 5.67. The van der Waals surface area contributed by atoms with E-state index in [4.69, 9.17) is 4.74 Å². The number of rotatable bonds is 4. The van der Waals surface area contributed by atoms with E-state index in [1.807, 2.05) is 13.0 Å². The molecule has 0 amide bonds. The molecule has 3 nitrogen and oxygen atoms in total. The van der Waals surface area contributed by atoms with Gasteiger partial charge in [0, 0.05) is 19.0 Å². The molecule has 3 rings (SSSR count). The van der Waals surface area contributed by atoms with Crippen molar-refractivity contribution < 1.29 is 4.74 Å². The van der Waals surface area contributed by atoms with Crippen LogP contribution in [-0.4, -0.2) is 16.6 Å². The van der Waals surface area contributed by atoms with Crippen molar-refractivity contribution in [2.45, 2.75) is 20.0 Å². The molecule has 0 bridgehead atoms. The Balaban J connectivity index is 2.00. The molecular formula is C18H18N2O. The van der Waals surface area contributed by atoms with Gasteiger partial charge >= 0.3 is 0 Å². The van der Waals surface area contributed by atoms with E-state index in [-0.39, 0.29) is 6.10 Å². The molecular weight excluding hydrogens is 260 g/mol. The van der Waals surface area contributed by atoms with Gasteiger partial charge in [0.25, 0.3) is 0 Å². The first-order valence-corrected chi connectivity index (χ1v) is 7.20. The standard InChI is InChI=1S/C18H18N2O/c1-3-21-13(2)14-5-4-6-15(11-14)16-7-8-17-18(12-16)20-10-9-19-17/h4-13H,3H2,1-2H3. The lowest BCUT2D eigenvalue weighted by atomic mass is 10.0. The predicted molar refractivity (Wildman–Crippen MR) is 85.0 cm³/mol. The lowest BCUT2D eigenvalue weighted by molar-refractivity contribution is 0.0764. The SMILES string of the molecule is CCOC(C)c1cccc(-c2ccc3nccnc3c2)c1. The predicted octanol–water partition coefficient (Wildman–Crippen LogP) is 4.39. The van der Waals surface area contributed by atoms with E-state index in [1.165, 1.54) is 11.1 Å². The minimum Gasteiger partial charge on any atom is -0.374 e. The van der Waals surface area contributed by atoms with E-state index in [9.17, 15) is 0 Å². The Morgan fingerprint density at radius 2 is 1.71 bits per heavy atom. The van der Waals surface area contributed by atoms with E-state index in [2.05, 4.69) is 53.3 Å². The summed E-state index contributed by atoms with van der Waals surface area (Å²) in [5, 5.41) is 0. The summed E-state index contributed by atoms with van der Waals surface area (Å²) < 4.78 is 5.67. The van der Waals surface area contributed by atoms with Crippen LogP contribution in [0.4, 0.5) is 0 Å². The van der Waals surface area contributed by atoms with E-state index in [1.54, 1.807) is 12.4 Å².